The average molecular weight is 388 g/mol. The molecule has 1 fully saturated rings. The first-order valence-electron chi connectivity index (χ1n) is 9.37. The molecule has 1 aromatic carbocycles. The molecule has 3 rings (SSSR count). The number of carbonyl (C=O) groups excluding carboxylic acids is 1. The van der Waals surface area contributed by atoms with E-state index in [1.54, 1.807) is 13.3 Å². The number of halogens is 1. The third-order valence-electron chi connectivity index (χ3n) is 4.97. The number of nitrogens with one attached hydrogen (secondary N) is 1. The Morgan fingerprint density at radius 1 is 1.26 bits per heavy atom. The lowest BCUT2D eigenvalue weighted by Gasteiger charge is -2.35. The van der Waals surface area contributed by atoms with Crippen LogP contribution >= 0.6 is 11.6 Å². The van der Waals surface area contributed by atoms with Gasteiger partial charge in [-0.1, -0.05) is 29.8 Å². The van der Waals surface area contributed by atoms with Crippen LogP contribution in [0.2, 0.25) is 5.02 Å². The van der Waals surface area contributed by atoms with Gasteiger partial charge in [0.25, 0.3) is 0 Å². The minimum absolute atomic E-state index is 0.0293. The molecule has 1 saturated heterocycles. The van der Waals surface area contributed by atoms with Crippen molar-refractivity contribution in [3.8, 4) is 0 Å². The van der Waals surface area contributed by atoms with E-state index in [1.165, 1.54) is 0 Å². The van der Waals surface area contributed by atoms with Crippen molar-refractivity contribution in [2.45, 2.75) is 18.9 Å². The van der Waals surface area contributed by atoms with Gasteiger partial charge in [0.2, 0.25) is 5.91 Å². The highest BCUT2D eigenvalue weighted by atomic mass is 35.5. The predicted octanol–water partition coefficient (Wildman–Crippen LogP) is 3.30. The van der Waals surface area contributed by atoms with Gasteiger partial charge in [0.15, 0.2) is 0 Å². The minimum atomic E-state index is -0.263. The normalized spacial score (nSPS) is 16.1. The van der Waals surface area contributed by atoms with E-state index >= 15 is 0 Å². The van der Waals surface area contributed by atoms with Gasteiger partial charge in [-0.05, 0) is 55.8 Å². The van der Waals surface area contributed by atoms with Crippen molar-refractivity contribution in [2.24, 2.45) is 5.92 Å². The molecule has 2 heterocycles. The molecule has 1 amide bonds. The quantitative estimate of drug-likeness (QED) is 0.792. The van der Waals surface area contributed by atoms with Gasteiger partial charge in [0.05, 0.1) is 18.3 Å². The summed E-state index contributed by atoms with van der Waals surface area (Å²) >= 11 is 6.09. The van der Waals surface area contributed by atoms with Gasteiger partial charge in [0, 0.05) is 30.8 Å². The molecule has 6 heteroatoms. The molecule has 1 atom stereocenters. The molecule has 1 aliphatic rings. The topological polar surface area (TPSA) is 54.5 Å². The van der Waals surface area contributed by atoms with Crippen molar-refractivity contribution in [1.29, 1.82) is 0 Å². The van der Waals surface area contributed by atoms with Crippen molar-refractivity contribution < 1.29 is 9.53 Å². The first-order chi connectivity index (χ1) is 13.2. The van der Waals surface area contributed by atoms with E-state index in [9.17, 15) is 4.79 Å². The molecule has 2 aromatic rings. The Morgan fingerprint density at radius 3 is 2.63 bits per heavy atom. The first-order valence-corrected chi connectivity index (χ1v) is 9.75. The maximum Gasteiger partial charge on any atom is 0.226 e. The van der Waals surface area contributed by atoms with Gasteiger partial charge >= 0.3 is 0 Å². The van der Waals surface area contributed by atoms with E-state index in [0.29, 0.717) is 18.2 Å². The van der Waals surface area contributed by atoms with Crippen LogP contribution in [0.4, 0.5) is 0 Å². The highest BCUT2D eigenvalue weighted by Crippen LogP contribution is 2.31. The zero-order chi connectivity index (χ0) is 19.1. The summed E-state index contributed by atoms with van der Waals surface area (Å²) in [6.07, 6.45) is 3.48. The molecule has 0 saturated carbocycles. The molecule has 144 valence electrons. The summed E-state index contributed by atoms with van der Waals surface area (Å²) in [7, 11) is 1.66. The minimum Gasteiger partial charge on any atom is -0.383 e. The Labute approximate surface area is 165 Å². The number of hydrogen-bond donors (Lipinski definition) is 1. The lowest BCUT2D eigenvalue weighted by atomic mass is 9.93. The molecule has 0 aliphatic carbocycles. The van der Waals surface area contributed by atoms with E-state index in [2.05, 4.69) is 10.3 Å². The van der Waals surface area contributed by atoms with Crippen molar-refractivity contribution in [1.82, 2.24) is 15.2 Å². The van der Waals surface area contributed by atoms with Gasteiger partial charge < -0.3 is 15.0 Å². The van der Waals surface area contributed by atoms with E-state index in [0.717, 1.165) is 37.2 Å². The number of aromatic nitrogens is 1. The Kier molecular flexibility index (Phi) is 7.21. The Bertz CT molecular complexity index is 718. The summed E-state index contributed by atoms with van der Waals surface area (Å²) in [5.41, 5.74) is 1.84. The number of methoxy groups -OCH3 is 1. The number of pyridine rings is 1. The predicted molar refractivity (Wildman–Crippen MR) is 107 cm³/mol. The fourth-order valence-electron chi connectivity index (χ4n) is 3.55. The number of amides is 1. The molecule has 1 aromatic heterocycles. The Balaban J connectivity index is 1.98. The number of benzene rings is 1. The number of rotatable bonds is 7. The van der Waals surface area contributed by atoms with E-state index in [1.807, 2.05) is 47.4 Å². The number of hydrogen-bond acceptors (Lipinski definition) is 4. The third kappa shape index (κ3) is 5.06. The molecule has 27 heavy (non-hydrogen) atoms. The monoisotopic (exact) mass is 387 g/mol. The number of piperidine rings is 1. The third-order valence-corrected chi connectivity index (χ3v) is 5.23. The fourth-order valence-corrected chi connectivity index (χ4v) is 3.68. The van der Waals surface area contributed by atoms with Crippen LogP contribution in [-0.4, -0.2) is 49.1 Å². The van der Waals surface area contributed by atoms with Crippen molar-refractivity contribution >= 4 is 17.5 Å². The van der Waals surface area contributed by atoms with Crippen LogP contribution < -0.4 is 5.32 Å². The highest BCUT2D eigenvalue weighted by molar-refractivity contribution is 6.30. The summed E-state index contributed by atoms with van der Waals surface area (Å²) in [6, 6.07) is 13.2. The van der Waals surface area contributed by atoms with Crippen LogP contribution in [0.5, 0.6) is 0 Å². The summed E-state index contributed by atoms with van der Waals surface area (Å²) in [4.78, 5) is 19.9. The van der Waals surface area contributed by atoms with Crippen LogP contribution in [-0.2, 0) is 9.53 Å². The van der Waals surface area contributed by atoms with Crippen LogP contribution in [0, 0.1) is 5.92 Å². The van der Waals surface area contributed by atoms with E-state index < -0.39 is 0 Å². The first kappa shape index (κ1) is 19.8. The summed E-state index contributed by atoms with van der Waals surface area (Å²) in [5, 5.41) is 4.00. The van der Waals surface area contributed by atoms with Crippen LogP contribution in [0.15, 0.2) is 48.7 Å². The van der Waals surface area contributed by atoms with Gasteiger partial charge in [-0.15, -0.1) is 0 Å². The average Bonchev–Trinajstić information content (AvgIpc) is 2.73. The molecular weight excluding hydrogens is 362 g/mol. The molecule has 1 aliphatic heterocycles. The second-order valence-electron chi connectivity index (χ2n) is 6.76. The van der Waals surface area contributed by atoms with Gasteiger partial charge in [-0.3, -0.25) is 9.78 Å². The molecule has 1 N–H and O–H groups in total. The molecular formula is C21H26ClN3O2. The van der Waals surface area contributed by atoms with Gasteiger partial charge in [-0.2, -0.15) is 0 Å². The fraction of sp³-hybridized carbons (Fsp3) is 0.429. The van der Waals surface area contributed by atoms with Crippen LogP contribution in [0.3, 0.4) is 0 Å². The van der Waals surface area contributed by atoms with Gasteiger partial charge in [-0.25, -0.2) is 0 Å². The van der Waals surface area contributed by atoms with Crippen molar-refractivity contribution in [3.63, 3.8) is 0 Å². The maximum atomic E-state index is 13.4. The lowest BCUT2D eigenvalue weighted by Crippen LogP contribution is -2.44. The number of nitrogens with zero attached hydrogens (tertiary/aromatic N) is 2. The maximum absolute atomic E-state index is 13.4. The molecule has 0 unspecified atom stereocenters. The number of ether oxygens (including phenoxy) is 1. The summed E-state index contributed by atoms with van der Waals surface area (Å²) in [6.45, 7) is 2.75. The Hall–Kier alpha value is -1.95. The largest absolute Gasteiger partial charge is 0.383 e. The van der Waals surface area contributed by atoms with Crippen LogP contribution in [0.1, 0.15) is 30.1 Å². The number of carbonyl (C=O) groups is 1. The molecule has 0 bridgehead atoms. The lowest BCUT2D eigenvalue weighted by molar-refractivity contribution is -0.139. The van der Waals surface area contributed by atoms with E-state index in [4.69, 9.17) is 16.3 Å². The van der Waals surface area contributed by atoms with Crippen LogP contribution in [0.25, 0.3) is 0 Å². The summed E-state index contributed by atoms with van der Waals surface area (Å²) < 4.78 is 5.30. The van der Waals surface area contributed by atoms with Crippen molar-refractivity contribution in [2.75, 3.05) is 33.4 Å². The molecule has 5 nitrogen and oxygen atoms in total. The Morgan fingerprint density at radius 2 is 2.00 bits per heavy atom. The SMILES string of the molecule is COCCN(C(=O)C1CCNCC1)[C@@H](c1ccc(Cl)cc1)c1ccccn1. The zero-order valence-electron chi connectivity index (χ0n) is 15.6. The molecule has 0 radical (unpaired) electrons. The van der Waals surface area contributed by atoms with Crippen molar-refractivity contribution in [3.05, 3.63) is 64.9 Å². The standard InChI is InChI=1S/C21H26ClN3O2/c1-27-15-14-25(21(26)17-9-12-23-13-10-17)20(19-4-2-3-11-24-19)16-5-7-18(22)8-6-16/h2-8,11,17,20,23H,9-10,12-15H2,1H3/t20-/m0/s1. The van der Waals surface area contributed by atoms with Gasteiger partial charge in [0.1, 0.15) is 0 Å². The zero-order valence-corrected chi connectivity index (χ0v) is 16.4. The second kappa shape index (κ2) is 9.83. The summed E-state index contributed by atoms with van der Waals surface area (Å²) in [5.74, 6) is 0.195. The second-order valence-corrected chi connectivity index (χ2v) is 7.19. The molecule has 0 spiro atoms. The highest BCUT2D eigenvalue weighted by Gasteiger charge is 2.32. The smallest absolute Gasteiger partial charge is 0.226 e. The van der Waals surface area contributed by atoms with E-state index in [-0.39, 0.29) is 17.9 Å².